The van der Waals surface area contributed by atoms with Gasteiger partial charge in [0.1, 0.15) is 24.3 Å². The zero-order valence-corrected chi connectivity index (χ0v) is 18.0. The predicted octanol–water partition coefficient (Wildman–Crippen LogP) is 2.65. The molecule has 0 saturated carbocycles. The average Bonchev–Trinajstić information content (AvgIpc) is 3.21. The van der Waals surface area contributed by atoms with E-state index in [0.29, 0.717) is 37.6 Å². The van der Waals surface area contributed by atoms with Gasteiger partial charge in [-0.25, -0.2) is 4.98 Å². The first-order valence-electron chi connectivity index (χ1n) is 10.3. The summed E-state index contributed by atoms with van der Waals surface area (Å²) in [5.74, 6) is 0.787. The fourth-order valence-electron chi connectivity index (χ4n) is 4.06. The van der Waals surface area contributed by atoms with Gasteiger partial charge in [-0.15, -0.1) is 11.3 Å². The van der Waals surface area contributed by atoms with Crippen LogP contribution in [-0.4, -0.2) is 78.5 Å². The van der Waals surface area contributed by atoms with Crippen molar-refractivity contribution in [1.29, 1.82) is 0 Å². The monoisotopic (exact) mass is 429 g/mol. The first-order valence-corrected chi connectivity index (χ1v) is 11.2. The molecule has 160 valence electrons. The molecular weight excluding hydrogens is 402 g/mol. The van der Waals surface area contributed by atoms with Crippen molar-refractivity contribution >= 4 is 23.5 Å². The Kier molecular flexibility index (Phi) is 6.46. The number of thiazole rings is 1. The molecule has 1 spiro atoms. The predicted molar refractivity (Wildman–Crippen MR) is 114 cm³/mol. The fraction of sp³-hybridized carbons (Fsp3) is 0.500. The minimum absolute atomic E-state index is 0.0125. The van der Waals surface area contributed by atoms with E-state index < -0.39 is 0 Å². The molecule has 1 amide bonds. The van der Waals surface area contributed by atoms with Crippen LogP contribution in [0.25, 0.3) is 0 Å². The largest absolute Gasteiger partial charge is 0.492 e. The number of carbonyl (C=O) groups excluding carboxylic acids is 2. The molecule has 2 aliphatic heterocycles. The van der Waals surface area contributed by atoms with Gasteiger partial charge in [0.15, 0.2) is 0 Å². The highest BCUT2D eigenvalue weighted by molar-refractivity contribution is 7.09. The molecule has 2 saturated heterocycles. The van der Waals surface area contributed by atoms with E-state index in [-0.39, 0.29) is 11.5 Å². The van der Waals surface area contributed by atoms with Crippen LogP contribution in [0.15, 0.2) is 29.6 Å². The SMILES string of the molecule is Cc1nc(C(=O)N2CCOC3(CCN(CCOc4ccc(C=O)cc4)CC3)C2)cs1. The van der Waals surface area contributed by atoms with Gasteiger partial charge in [0.2, 0.25) is 0 Å². The molecule has 3 heterocycles. The van der Waals surface area contributed by atoms with Crippen LogP contribution in [0, 0.1) is 6.92 Å². The normalized spacial score (nSPS) is 19.0. The van der Waals surface area contributed by atoms with Crippen LogP contribution in [0.2, 0.25) is 0 Å². The van der Waals surface area contributed by atoms with Gasteiger partial charge in [0, 0.05) is 37.1 Å². The lowest BCUT2D eigenvalue weighted by atomic mass is 9.89. The lowest BCUT2D eigenvalue weighted by Crippen LogP contribution is -2.58. The van der Waals surface area contributed by atoms with Crippen LogP contribution in [-0.2, 0) is 4.74 Å². The number of rotatable bonds is 6. The number of benzene rings is 1. The number of amides is 1. The van der Waals surface area contributed by atoms with E-state index in [4.69, 9.17) is 9.47 Å². The lowest BCUT2D eigenvalue weighted by molar-refractivity contribution is -0.127. The summed E-state index contributed by atoms with van der Waals surface area (Å²) in [4.78, 5) is 32.1. The Labute approximate surface area is 180 Å². The Balaban J connectivity index is 1.24. The van der Waals surface area contributed by atoms with E-state index in [9.17, 15) is 9.59 Å². The van der Waals surface area contributed by atoms with Gasteiger partial charge in [-0.3, -0.25) is 14.5 Å². The van der Waals surface area contributed by atoms with Crippen molar-refractivity contribution < 1.29 is 19.1 Å². The maximum atomic E-state index is 12.8. The van der Waals surface area contributed by atoms with E-state index in [1.165, 1.54) is 11.3 Å². The summed E-state index contributed by atoms with van der Waals surface area (Å²) in [6.45, 7) is 7.04. The number of aldehydes is 1. The minimum Gasteiger partial charge on any atom is -0.492 e. The molecule has 1 aromatic heterocycles. The van der Waals surface area contributed by atoms with Gasteiger partial charge in [0.25, 0.3) is 5.91 Å². The number of aryl methyl sites for hydroxylation is 1. The van der Waals surface area contributed by atoms with E-state index in [0.717, 1.165) is 49.5 Å². The second kappa shape index (κ2) is 9.24. The first kappa shape index (κ1) is 21.0. The number of ether oxygens (including phenoxy) is 2. The van der Waals surface area contributed by atoms with Gasteiger partial charge in [-0.1, -0.05) is 0 Å². The van der Waals surface area contributed by atoms with E-state index in [1.54, 1.807) is 12.1 Å². The summed E-state index contributed by atoms with van der Waals surface area (Å²) in [6, 6.07) is 7.15. The Bertz CT molecular complexity index is 875. The summed E-state index contributed by atoms with van der Waals surface area (Å²) in [7, 11) is 0. The molecule has 1 aromatic carbocycles. The summed E-state index contributed by atoms with van der Waals surface area (Å²) in [5.41, 5.74) is 0.944. The summed E-state index contributed by atoms with van der Waals surface area (Å²) in [6.07, 6.45) is 2.63. The zero-order chi connectivity index (χ0) is 21.0. The van der Waals surface area contributed by atoms with E-state index >= 15 is 0 Å². The summed E-state index contributed by atoms with van der Waals surface area (Å²) in [5, 5.41) is 2.76. The number of piperidine rings is 1. The van der Waals surface area contributed by atoms with Crippen LogP contribution >= 0.6 is 11.3 Å². The molecular formula is C22H27N3O4S. The molecule has 2 fully saturated rings. The van der Waals surface area contributed by atoms with Gasteiger partial charge in [0.05, 0.1) is 23.8 Å². The Morgan fingerprint density at radius 3 is 2.70 bits per heavy atom. The maximum Gasteiger partial charge on any atom is 0.273 e. The van der Waals surface area contributed by atoms with Crippen LogP contribution in [0.5, 0.6) is 5.75 Å². The van der Waals surface area contributed by atoms with Crippen LogP contribution in [0.3, 0.4) is 0 Å². The number of morpholine rings is 1. The fourth-order valence-corrected chi connectivity index (χ4v) is 4.65. The minimum atomic E-state index is -0.249. The van der Waals surface area contributed by atoms with Gasteiger partial charge < -0.3 is 14.4 Å². The number of likely N-dealkylation sites (tertiary alicyclic amines) is 1. The molecule has 0 aliphatic carbocycles. The molecule has 30 heavy (non-hydrogen) atoms. The molecule has 0 atom stereocenters. The van der Waals surface area contributed by atoms with Crippen molar-refractivity contribution in [3.8, 4) is 5.75 Å². The molecule has 0 bridgehead atoms. The maximum absolute atomic E-state index is 12.8. The van der Waals surface area contributed by atoms with Crippen molar-refractivity contribution in [3.63, 3.8) is 0 Å². The third-order valence-corrected chi connectivity index (χ3v) is 6.61. The second-order valence-electron chi connectivity index (χ2n) is 7.89. The number of hydrogen-bond donors (Lipinski definition) is 0. The molecule has 2 aromatic rings. The Hall–Kier alpha value is -2.29. The molecule has 8 heteroatoms. The van der Waals surface area contributed by atoms with Gasteiger partial charge in [-0.2, -0.15) is 0 Å². The van der Waals surface area contributed by atoms with Crippen molar-refractivity contribution in [3.05, 3.63) is 45.9 Å². The van der Waals surface area contributed by atoms with Gasteiger partial charge >= 0.3 is 0 Å². The van der Waals surface area contributed by atoms with E-state index in [1.807, 2.05) is 29.3 Å². The molecule has 0 N–H and O–H groups in total. The van der Waals surface area contributed by atoms with E-state index in [2.05, 4.69) is 9.88 Å². The average molecular weight is 430 g/mol. The quantitative estimate of drug-likeness (QED) is 0.658. The van der Waals surface area contributed by atoms with Crippen molar-refractivity contribution in [2.45, 2.75) is 25.4 Å². The number of aromatic nitrogens is 1. The van der Waals surface area contributed by atoms with Crippen LogP contribution in [0.1, 0.15) is 38.7 Å². The van der Waals surface area contributed by atoms with Crippen molar-refractivity contribution in [2.75, 3.05) is 45.9 Å². The highest BCUT2D eigenvalue weighted by Crippen LogP contribution is 2.31. The molecule has 2 aliphatic rings. The number of hydrogen-bond acceptors (Lipinski definition) is 7. The molecule has 4 rings (SSSR count). The van der Waals surface area contributed by atoms with Gasteiger partial charge in [-0.05, 0) is 44.0 Å². The third kappa shape index (κ3) is 4.88. The lowest BCUT2D eigenvalue weighted by Gasteiger charge is -2.47. The Morgan fingerprint density at radius 1 is 1.27 bits per heavy atom. The molecule has 0 unspecified atom stereocenters. The topological polar surface area (TPSA) is 72.0 Å². The van der Waals surface area contributed by atoms with Crippen LogP contribution < -0.4 is 4.74 Å². The van der Waals surface area contributed by atoms with Crippen LogP contribution in [0.4, 0.5) is 0 Å². The van der Waals surface area contributed by atoms with Crippen molar-refractivity contribution in [2.24, 2.45) is 0 Å². The number of nitrogens with zero attached hydrogens (tertiary/aromatic N) is 3. The summed E-state index contributed by atoms with van der Waals surface area (Å²) < 4.78 is 12.0. The molecule has 0 radical (unpaired) electrons. The number of carbonyl (C=O) groups is 2. The second-order valence-corrected chi connectivity index (χ2v) is 8.95. The first-order chi connectivity index (χ1) is 14.6. The zero-order valence-electron chi connectivity index (χ0n) is 17.2. The van der Waals surface area contributed by atoms with Crippen molar-refractivity contribution in [1.82, 2.24) is 14.8 Å². The standard InChI is InChI=1S/C22H27N3O4S/c1-17-23-20(15-30-17)21(27)25-11-13-29-22(16-25)6-8-24(9-7-22)10-12-28-19-4-2-18(14-26)3-5-19/h2-5,14-15H,6-13,16H2,1H3. The smallest absolute Gasteiger partial charge is 0.273 e. The third-order valence-electron chi connectivity index (χ3n) is 5.83. The summed E-state index contributed by atoms with van der Waals surface area (Å²) >= 11 is 1.51. The molecule has 7 nitrogen and oxygen atoms in total. The Morgan fingerprint density at radius 2 is 2.03 bits per heavy atom. The highest BCUT2D eigenvalue weighted by Gasteiger charge is 2.41. The highest BCUT2D eigenvalue weighted by atomic mass is 32.1.